The maximum atomic E-state index is 11.9. The summed E-state index contributed by atoms with van der Waals surface area (Å²) >= 11 is 0. The highest BCUT2D eigenvalue weighted by Crippen LogP contribution is 2.21. The number of hydrogen-bond acceptors (Lipinski definition) is 4. The summed E-state index contributed by atoms with van der Waals surface area (Å²) in [6, 6.07) is 1.85. The minimum atomic E-state index is -0.138. The van der Waals surface area contributed by atoms with Gasteiger partial charge in [-0.05, 0) is 18.6 Å². The molecule has 0 unspecified atom stereocenters. The van der Waals surface area contributed by atoms with Gasteiger partial charge in [0.25, 0.3) is 5.56 Å². The molecule has 3 rings (SSSR count). The van der Waals surface area contributed by atoms with Gasteiger partial charge >= 0.3 is 0 Å². The molecule has 2 aromatic heterocycles. The van der Waals surface area contributed by atoms with Crippen LogP contribution in [0.15, 0.2) is 21.5 Å². The summed E-state index contributed by atoms with van der Waals surface area (Å²) in [6.45, 7) is 2.87. The zero-order valence-electron chi connectivity index (χ0n) is 9.45. The van der Waals surface area contributed by atoms with E-state index in [0.717, 1.165) is 11.3 Å². The van der Waals surface area contributed by atoms with E-state index in [2.05, 4.69) is 9.97 Å². The summed E-state index contributed by atoms with van der Waals surface area (Å²) in [7, 11) is 0. The van der Waals surface area contributed by atoms with Crippen LogP contribution in [0.1, 0.15) is 16.8 Å². The van der Waals surface area contributed by atoms with Crippen molar-refractivity contribution < 1.29 is 9.15 Å². The molecule has 0 atom stereocenters. The van der Waals surface area contributed by atoms with E-state index in [-0.39, 0.29) is 5.56 Å². The van der Waals surface area contributed by atoms with E-state index in [9.17, 15) is 4.79 Å². The lowest BCUT2D eigenvalue weighted by atomic mass is 10.1. The predicted octanol–water partition coefficient (Wildman–Crippen LogP) is 1.41. The van der Waals surface area contributed by atoms with Crippen LogP contribution in [0, 0.1) is 6.92 Å². The highest BCUT2D eigenvalue weighted by Gasteiger charge is 2.18. The van der Waals surface area contributed by atoms with Gasteiger partial charge in [-0.15, -0.1) is 0 Å². The Bertz CT molecular complexity index is 612. The first kappa shape index (κ1) is 10.3. The van der Waals surface area contributed by atoms with Gasteiger partial charge in [0.05, 0.1) is 30.7 Å². The Balaban J connectivity index is 2.17. The summed E-state index contributed by atoms with van der Waals surface area (Å²) in [5, 5.41) is 0. The van der Waals surface area contributed by atoms with Gasteiger partial charge in [0.2, 0.25) is 0 Å². The number of nitrogens with zero attached hydrogens (tertiary/aromatic N) is 1. The van der Waals surface area contributed by atoms with Gasteiger partial charge in [-0.2, -0.15) is 0 Å². The van der Waals surface area contributed by atoms with Gasteiger partial charge in [0.15, 0.2) is 11.6 Å². The molecule has 1 aliphatic heterocycles. The zero-order valence-corrected chi connectivity index (χ0v) is 9.45. The van der Waals surface area contributed by atoms with Gasteiger partial charge in [0.1, 0.15) is 0 Å². The molecule has 0 fully saturated rings. The van der Waals surface area contributed by atoms with Gasteiger partial charge in [-0.3, -0.25) is 4.79 Å². The molecule has 2 aromatic rings. The number of aromatic amines is 1. The fourth-order valence-electron chi connectivity index (χ4n) is 1.97. The largest absolute Gasteiger partial charge is 0.461 e. The van der Waals surface area contributed by atoms with E-state index in [0.29, 0.717) is 36.8 Å². The van der Waals surface area contributed by atoms with Gasteiger partial charge in [-0.25, -0.2) is 4.98 Å². The zero-order chi connectivity index (χ0) is 11.8. The monoisotopic (exact) mass is 232 g/mol. The molecule has 3 heterocycles. The molecule has 0 aromatic carbocycles. The van der Waals surface area contributed by atoms with Crippen molar-refractivity contribution >= 4 is 0 Å². The molecule has 17 heavy (non-hydrogen) atoms. The van der Waals surface area contributed by atoms with Crippen LogP contribution < -0.4 is 5.56 Å². The predicted molar refractivity (Wildman–Crippen MR) is 60.7 cm³/mol. The minimum absolute atomic E-state index is 0.138. The molecule has 0 saturated carbocycles. The maximum Gasteiger partial charge on any atom is 0.257 e. The van der Waals surface area contributed by atoms with E-state index < -0.39 is 0 Å². The first-order chi connectivity index (χ1) is 8.25. The number of aryl methyl sites for hydroxylation is 1. The summed E-state index contributed by atoms with van der Waals surface area (Å²) in [4.78, 5) is 19.1. The van der Waals surface area contributed by atoms with E-state index in [4.69, 9.17) is 9.15 Å². The molecule has 88 valence electrons. The summed E-state index contributed by atoms with van der Waals surface area (Å²) in [5.74, 6) is 1.12. The second kappa shape index (κ2) is 3.85. The van der Waals surface area contributed by atoms with Crippen LogP contribution in [0.5, 0.6) is 0 Å². The van der Waals surface area contributed by atoms with Crippen LogP contribution in [-0.4, -0.2) is 16.6 Å². The molecule has 0 radical (unpaired) electrons. The number of ether oxygens (including phenoxy) is 1. The Morgan fingerprint density at radius 2 is 2.35 bits per heavy atom. The van der Waals surface area contributed by atoms with Gasteiger partial charge < -0.3 is 14.1 Å². The SMILES string of the molecule is Cc1ccoc1-c1nc2c(c(=O)[nH]1)COCC2. The third-order valence-corrected chi connectivity index (χ3v) is 2.91. The van der Waals surface area contributed by atoms with E-state index >= 15 is 0 Å². The summed E-state index contributed by atoms with van der Waals surface area (Å²) in [5.41, 5.74) is 2.26. The summed E-state index contributed by atoms with van der Waals surface area (Å²) < 4.78 is 10.6. The Morgan fingerprint density at radius 3 is 3.12 bits per heavy atom. The number of furan rings is 1. The van der Waals surface area contributed by atoms with Crippen LogP contribution in [0.3, 0.4) is 0 Å². The fourth-order valence-corrected chi connectivity index (χ4v) is 1.97. The van der Waals surface area contributed by atoms with Crippen LogP contribution in [0.25, 0.3) is 11.6 Å². The van der Waals surface area contributed by atoms with Gasteiger partial charge in [-0.1, -0.05) is 0 Å². The smallest absolute Gasteiger partial charge is 0.257 e. The number of fused-ring (bicyclic) bond motifs is 1. The summed E-state index contributed by atoms with van der Waals surface area (Å²) in [6.07, 6.45) is 2.26. The van der Waals surface area contributed by atoms with E-state index in [1.165, 1.54) is 0 Å². The van der Waals surface area contributed by atoms with Crippen molar-refractivity contribution in [3.05, 3.63) is 39.5 Å². The normalized spacial score (nSPS) is 14.6. The number of H-pyrrole nitrogens is 1. The Hall–Kier alpha value is -1.88. The molecule has 5 nitrogen and oxygen atoms in total. The van der Waals surface area contributed by atoms with Crippen molar-refractivity contribution in [3.63, 3.8) is 0 Å². The average Bonchev–Trinajstić information content (AvgIpc) is 2.75. The molecule has 0 saturated heterocycles. The van der Waals surface area contributed by atoms with E-state index in [1.807, 2.05) is 13.0 Å². The number of aromatic nitrogens is 2. The first-order valence-electron chi connectivity index (χ1n) is 5.50. The third-order valence-electron chi connectivity index (χ3n) is 2.91. The Kier molecular flexibility index (Phi) is 2.33. The van der Waals surface area contributed by atoms with E-state index in [1.54, 1.807) is 6.26 Å². The number of nitrogens with one attached hydrogen (secondary N) is 1. The van der Waals surface area contributed by atoms with Crippen molar-refractivity contribution in [2.45, 2.75) is 20.0 Å². The molecule has 0 spiro atoms. The van der Waals surface area contributed by atoms with Crippen molar-refractivity contribution in [2.75, 3.05) is 6.61 Å². The lowest BCUT2D eigenvalue weighted by Gasteiger charge is -2.14. The minimum Gasteiger partial charge on any atom is -0.461 e. The molecular weight excluding hydrogens is 220 g/mol. The van der Waals surface area contributed by atoms with Crippen LogP contribution in [-0.2, 0) is 17.8 Å². The molecule has 1 N–H and O–H groups in total. The molecule has 0 aliphatic carbocycles. The third kappa shape index (κ3) is 1.68. The maximum absolute atomic E-state index is 11.9. The second-order valence-electron chi connectivity index (χ2n) is 4.08. The lowest BCUT2D eigenvalue weighted by Crippen LogP contribution is -2.24. The Morgan fingerprint density at radius 1 is 1.47 bits per heavy atom. The lowest BCUT2D eigenvalue weighted by molar-refractivity contribution is 0.108. The second-order valence-corrected chi connectivity index (χ2v) is 4.08. The van der Waals surface area contributed by atoms with Crippen molar-refractivity contribution in [1.82, 2.24) is 9.97 Å². The van der Waals surface area contributed by atoms with Crippen molar-refractivity contribution in [1.29, 1.82) is 0 Å². The van der Waals surface area contributed by atoms with Gasteiger partial charge in [0, 0.05) is 6.42 Å². The van der Waals surface area contributed by atoms with Crippen LogP contribution in [0.2, 0.25) is 0 Å². The highest BCUT2D eigenvalue weighted by molar-refractivity contribution is 5.52. The first-order valence-corrected chi connectivity index (χ1v) is 5.50. The number of rotatable bonds is 1. The fraction of sp³-hybridized carbons (Fsp3) is 0.333. The standard InChI is InChI=1S/C12H12N2O3/c1-7-2-5-17-10(7)11-13-9-3-4-16-6-8(9)12(15)14-11/h2,5H,3-4,6H2,1H3,(H,13,14,15). The average molecular weight is 232 g/mol. The van der Waals surface area contributed by atoms with Crippen LogP contribution >= 0.6 is 0 Å². The Labute approximate surface area is 97.5 Å². The van der Waals surface area contributed by atoms with Crippen molar-refractivity contribution in [3.8, 4) is 11.6 Å². The molecule has 5 heteroatoms. The van der Waals surface area contributed by atoms with Crippen molar-refractivity contribution in [2.24, 2.45) is 0 Å². The molecule has 0 amide bonds. The molecular formula is C12H12N2O3. The number of hydrogen-bond donors (Lipinski definition) is 1. The quantitative estimate of drug-likeness (QED) is 0.807. The molecule has 0 bridgehead atoms. The highest BCUT2D eigenvalue weighted by atomic mass is 16.5. The van der Waals surface area contributed by atoms with Crippen LogP contribution in [0.4, 0.5) is 0 Å². The topological polar surface area (TPSA) is 68.1 Å². The molecule has 1 aliphatic rings.